The first-order chi connectivity index (χ1) is 13.6. The number of nitrogens with zero attached hydrogens (tertiary/aromatic N) is 3. The molecule has 0 aliphatic heterocycles. The van der Waals surface area contributed by atoms with E-state index in [1.807, 2.05) is 0 Å². The summed E-state index contributed by atoms with van der Waals surface area (Å²) in [7, 11) is 1.65. The molecule has 1 aromatic carbocycles. The topological polar surface area (TPSA) is 75.4 Å². The highest BCUT2D eigenvalue weighted by Gasteiger charge is 2.21. The van der Waals surface area contributed by atoms with Gasteiger partial charge in [-0.15, -0.1) is 0 Å². The van der Waals surface area contributed by atoms with Gasteiger partial charge in [-0.25, -0.2) is 18.2 Å². The number of ketones is 1. The van der Waals surface area contributed by atoms with E-state index in [1.54, 1.807) is 18.9 Å². The van der Waals surface area contributed by atoms with Gasteiger partial charge in [-0.05, 0) is 26.0 Å². The summed E-state index contributed by atoms with van der Waals surface area (Å²) in [6.07, 6.45) is 0.324. The number of Topliss-reactive ketones (excluding diaryl/α,β-unsaturated/α-hetero) is 1. The molecule has 0 saturated heterocycles. The van der Waals surface area contributed by atoms with Crippen molar-refractivity contribution in [1.29, 1.82) is 0 Å². The van der Waals surface area contributed by atoms with Crippen LogP contribution in [-0.4, -0.2) is 40.1 Å². The highest BCUT2D eigenvalue weighted by atomic mass is 19.1. The van der Waals surface area contributed by atoms with Crippen molar-refractivity contribution < 1.29 is 23.1 Å². The fraction of sp³-hybridized carbons (Fsp3) is 0.250. The molecule has 0 bridgehead atoms. The first-order valence-electron chi connectivity index (χ1n) is 8.71. The zero-order chi connectivity index (χ0) is 21.5. The zero-order valence-corrected chi connectivity index (χ0v) is 15.9. The second kappa shape index (κ2) is 7.67. The molecule has 3 rings (SSSR count). The van der Waals surface area contributed by atoms with Crippen LogP contribution in [0.3, 0.4) is 0 Å². The highest BCUT2D eigenvalue weighted by Crippen LogP contribution is 2.24. The number of anilines is 1. The number of fused-ring (bicyclic) bond motifs is 1. The van der Waals surface area contributed by atoms with E-state index in [-0.39, 0.29) is 23.1 Å². The van der Waals surface area contributed by atoms with E-state index < -0.39 is 40.5 Å². The predicted octanol–water partition coefficient (Wildman–Crippen LogP) is 2.82. The molecule has 1 atom stereocenters. The van der Waals surface area contributed by atoms with Crippen molar-refractivity contribution in [3.8, 4) is 5.69 Å². The third-order valence-corrected chi connectivity index (χ3v) is 4.37. The van der Waals surface area contributed by atoms with Crippen LogP contribution in [0, 0.1) is 17.5 Å². The van der Waals surface area contributed by atoms with Crippen molar-refractivity contribution in [2.75, 3.05) is 18.5 Å². The second-order valence-corrected chi connectivity index (χ2v) is 6.79. The van der Waals surface area contributed by atoms with Crippen molar-refractivity contribution >= 4 is 22.6 Å². The molecule has 3 aromatic rings. The Balaban J connectivity index is 2.39. The van der Waals surface area contributed by atoms with Crippen molar-refractivity contribution in [3.05, 3.63) is 63.7 Å². The molecule has 0 unspecified atom stereocenters. The van der Waals surface area contributed by atoms with Crippen molar-refractivity contribution in [2.24, 2.45) is 0 Å². The van der Waals surface area contributed by atoms with Crippen LogP contribution in [0.2, 0.25) is 0 Å². The van der Waals surface area contributed by atoms with Gasteiger partial charge in [-0.3, -0.25) is 14.2 Å². The summed E-state index contributed by atoms with van der Waals surface area (Å²) in [6.45, 7) is 2.95. The van der Waals surface area contributed by atoms with Crippen molar-refractivity contribution in [2.45, 2.75) is 20.0 Å². The first kappa shape index (κ1) is 20.5. The Morgan fingerprint density at radius 3 is 2.41 bits per heavy atom. The minimum absolute atomic E-state index is 0.0324. The first-order valence-corrected chi connectivity index (χ1v) is 8.71. The molecule has 0 radical (unpaired) electrons. The van der Waals surface area contributed by atoms with E-state index in [0.717, 1.165) is 17.7 Å². The second-order valence-electron chi connectivity index (χ2n) is 6.79. The SMILES string of the molecule is CC(=O)c1cn(-c2c(F)cc(F)cc2F)c2nc(N(C)C[C@@H](C)O)ccc2c1=O. The van der Waals surface area contributed by atoms with E-state index in [4.69, 9.17) is 0 Å². The third kappa shape index (κ3) is 3.86. The summed E-state index contributed by atoms with van der Waals surface area (Å²) in [5.41, 5.74) is -1.70. The number of carbonyl (C=O) groups is 1. The van der Waals surface area contributed by atoms with E-state index in [0.29, 0.717) is 18.0 Å². The Kier molecular flexibility index (Phi) is 5.43. The van der Waals surface area contributed by atoms with E-state index in [9.17, 15) is 27.9 Å². The number of benzene rings is 1. The number of pyridine rings is 2. The number of rotatable bonds is 5. The Hall–Kier alpha value is -3.20. The molecule has 2 aromatic heterocycles. The van der Waals surface area contributed by atoms with Crippen LogP contribution in [0.1, 0.15) is 24.2 Å². The summed E-state index contributed by atoms with van der Waals surface area (Å²) in [6, 6.07) is 3.89. The maximum absolute atomic E-state index is 14.5. The van der Waals surface area contributed by atoms with Crippen LogP contribution in [0.5, 0.6) is 0 Å². The molecule has 0 spiro atoms. The number of likely N-dealkylation sites (N-methyl/N-ethyl adjacent to an activating group) is 1. The molecular weight excluding hydrogens is 387 g/mol. The molecule has 0 fully saturated rings. The van der Waals surface area contributed by atoms with Gasteiger partial charge >= 0.3 is 0 Å². The molecule has 29 heavy (non-hydrogen) atoms. The molecule has 0 saturated carbocycles. The van der Waals surface area contributed by atoms with Crippen LogP contribution in [0.25, 0.3) is 16.7 Å². The Morgan fingerprint density at radius 1 is 1.24 bits per heavy atom. The minimum atomic E-state index is -1.22. The summed E-state index contributed by atoms with van der Waals surface area (Å²) in [4.78, 5) is 30.5. The number of aromatic nitrogens is 2. The number of halogens is 3. The molecule has 0 amide bonds. The van der Waals surface area contributed by atoms with Gasteiger partial charge in [0.25, 0.3) is 0 Å². The molecule has 2 heterocycles. The number of aliphatic hydroxyl groups is 1. The lowest BCUT2D eigenvalue weighted by Gasteiger charge is -2.21. The van der Waals surface area contributed by atoms with E-state index >= 15 is 0 Å². The van der Waals surface area contributed by atoms with Crippen LogP contribution in [-0.2, 0) is 0 Å². The fourth-order valence-corrected chi connectivity index (χ4v) is 3.08. The molecule has 0 aliphatic rings. The smallest absolute Gasteiger partial charge is 0.201 e. The molecular formula is C20H18F3N3O3. The number of aliphatic hydroxyl groups excluding tert-OH is 1. The van der Waals surface area contributed by atoms with Gasteiger partial charge in [0.1, 0.15) is 17.3 Å². The predicted molar refractivity (Wildman–Crippen MR) is 102 cm³/mol. The molecule has 152 valence electrons. The number of hydrogen-bond donors (Lipinski definition) is 1. The van der Waals surface area contributed by atoms with E-state index in [1.165, 1.54) is 12.1 Å². The minimum Gasteiger partial charge on any atom is -0.392 e. The summed E-state index contributed by atoms with van der Waals surface area (Å²) >= 11 is 0. The van der Waals surface area contributed by atoms with Crippen LogP contribution < -0.4 is 10.3 Å². The van der Waals surface area contributed by atoms with Gasteiger partial charge < -0.3 is 10.0 Å². The lowest BCUT2D eigenvalue weighted by Crippen LogP contribution is -2.28. The van der Waals surface area contributed by atoms with Crippen LogP contribution in [0.15, 0.2) is 35.3 Å². The molecule has 1 N–H and O–H groups in total. The fourth-order valence-electron chi connectivity index (χ4n) is 3.08. The van der Waals surface area contributed by atoms with Gasteiger partial charge in [0.15, 0.2) is 23.1 Å². The standard InChI is InChI=1S/C20H18F3N3O3/c1-10(27)8-25(3)17-5-4-13-19(29)14(11(2)28)9-26(20(13)24-17)18-15(22)6-12(21)7-16(18)23/h4-7,9-10,27H,8H2,1-3H3/t10-/m1/s1. The molecule has 6 nitrogen and oxygen atoms in total. The lowest BCUT2D eigenvalue weighted by molar-refractivity contribution is 0.101. The van der Waals surface area contributed by atoms with Gasteiger partial charge in [-0.2, -0.15) is 0 Å². The monoisotopic (exact) mass is 405 g/mol. The third-order valence-electron chi connectivity index (χ3n) is 4.37. The molecule has 0 aliphatic carbocycles. The lowest BCUT2D eigenvalue weighted by atomic mass is 10.1. The van der Waals surface area contributed by atoms with Crippen molar-refractivity contribution in [3.63, 3.8) is 0 Å². The summed E-state index contributed by atoms with van der Waals surface area (Å²) in [5.74, 6) is -3.81. The van der Waals surface area contributed by atoms with Gasteiger partial charge in [0, 0.05) is 31.9 Å². The molecule has 9 heteroatoms. The Bertz CT molecular complexity index is 1150. The average molecular weight is 405 g/mol. The van der Waals surface area contributed by atoms with Crippen LogP contribution in [0.4, 0.5) is 19.0 Å². The maximum Gasteiger partial charge on any atom is 0.201 e. The summed E-state index contributed by atoms with van der Waals surface area (Å²) in [5, 5.41) is 9.54. The largest absolute Gasteiger partial charge is 0.392 e. The van der Waals surface area contributed by atoms with Crippen LogP contribution >= 0.6 is 0 Å². The maximum atomic E-state index is 14.5. The van der Waals surface area contributed by atoms with Crippen molar-refractivity contribution in [1.82, 2.24) is 9.55 Å². The average Bonchev–Trinajstić information content (AvgIpc) is 2.61. The Labute approximate surface area is 163 Å². The van der Waals surface area contributed by atoms with Gasteiger partial charge in [0.2, 0.25) is 5.43 Å². The highest BCUT2D eigenvalue weighted by molar-refractivity contribution is 5.97. The quantitative estimate of drug-likeness (QED) is 0.661. The zero-order valence-electron chi connectivity index (χ0n) is 15.9. The normalized spacial score (nSPS) is 12.2. The summed E-state index contributed by atoms with van der Waals surface area (Å²) < 4.78 is 43.2. The van der Waals surface area contributed by atoms with Gasteiger partial charge in [0.05, 0.1) is 17.1 Å². The number of hydrogen-bond acceptors (Lipinski definition) is 5. The van der Waals surface area contributed by atoms with E-state index in [2.05, 4.69) is 4.98 Å². The van der Waals surface area contributed by atoms with Gasteiger partial charge in [-0.1, -0.05) is 0 Å². The Morgan fingerprint density at radius 2 is 1.86 bits per heavy atom. The number of carbonyl (C=O) groups excluding carboxylic acids is 1.